The number of nitrogens with zero attached hydrogens (tertiary/aromatic N) is 3. The van der Waals surface area contributed by atoms with Gasteiger partial charge in [0.25, 0.3) is 0 Å². The van der Waals surface area contributed by atoms with Crippen molar-refractivity contribution in [3.63, 3.8) is 0 Å². The molecule has 0 aliphatic heterocycles. The van der Waals surface area contributed by atoms with Crippen molar-refractivity contribution >= 4 is 34.9 Å². The topological polar surface area (TPSA) is 51.8 Å². The average molecular weight is 259 g/mol. The molecule has 0 aliphatic rings. The first-order valence-corrected chi connectivity index (χ1v) is 7.23. The van der Waals surface area contributed by atoms with Gasteiger partial charge in [-0.05, 0) is 13.2 Å². The van der Waals surface area contributed by atoms with Crippen LogP contribution in [-0.4, -0.2) is 21.6 Å². The van der Waals surface area contributed by atoms with Gasteiger partial charge in [0.05, 0.1) is 11.4 Å². The first-order valence-electron chi connectivity index (χ1n) is 4.20. The van der Waals surface area contributed by atoms with Gasteiger partial charge in [-0.2, -0.15) is 0 Å². The van der Waals surface area contributed by atoms with Gasteiger partial charge in [0.1, 0.15) is 5.76 Å². The van der Waals surface area contributed by atoms with Gasteiger partial charge in [0.15, 0.2) is 8.68 Å². The summed E-state index contributed by atoms with van der Waals surface area (Å²) in [6.07, 6.45) is 1.99. The summed E-state index contributed by atoms with van der Waals surface area (Å²) in [6, 6.07) is 1.93. The summed E-state index contributed by atoms with van der Waals surface area (Å²) in [6.45, 7) is 1.91. The molecule has 0 saturated heterocycles. The zero-order valence-electron chi connectivity index (χ0n) is 8.26. The van der Waals surface area contributed by atoms with Crippen LogP contribution in [0, 0.1) is 6.92 Å². The highest BCUT2D eigenvalue weighted by atomic mass is 32.2. The molecule has 15 heavy (non-hydrogen) atoms. The fraction of sp³-hybridized carbons (Fsp3) is 0.375. The lowest BCUT2D eigenvalue weighted by molar-refractivity contribution is 0.391. The predicted octanol–water partition coefficient (Wildman–Crippen LogP) is 2.85. The Morgan fingerprint density at radius 1 is 1.40 bits per heavy atom. The number of hydrogen-bond acceptors (Lipinski definition) is 7. The van der Waals surface area contributed by atoms with Crippen molar-refractivity contribution < 1.29 is 4.52 Å². The fourth-order valence-electron chi connectivity index (χ4n) is 0.955. The van der Waals surface area contributed by atoms with E-state index >= 15 is 0 Å². The van der Waals surface area contributed by atoms with Crippen LogP contribution in [0.25, 0.3) is 0 Å². The van der Waals surface area contributed by atoms with Gasteiger partial charge in [0.2, 0.25) is 0 Å². The van der Waals surface area contributed by atoms with Crippen molar-refractivity contribution in [2.24, 2.45) is 0 Å². The van der Waals surface area contributed by atoms with E-state index in [0.29, 0.717) is 0 Å². The van der Waals surface area contributed by atoms with Gasteiger partial charge in [-0.3, -0.25) is 0 Å². The van der Waals surface area contributed by atoms with Crippen LogP contribution in [0.1, 0.15) is 11.5 Å². The van der Waals surface area contributed by atoms with E-state index in [1.54, 1.807) is 34.9 Å². The lowest BCUT2D eigenvalue weighted by Gasteiger charge is -1.89. The molecule has 4 nitrogen and oxygen atoms in total. The van der Waals surface area contributed by atoms with E-state index in [4.69, 9.17) is 4.52 Å². The summed E-state index contributed by atoms with van der Waals surface area (Å²) in [4.78, 5) is 0. The van der Waals surface area contributed by atoms with Gasteiger partial charge >= 0.3 is 0 Å². The number of aromatic nitrogens is 3. The van der Waals surface area contributed by atoms with Gasteiger partial charge in [-0.15, -0.1) is 10.2 Å². The smallest absolute Gasteiger partial charge is 0.175 e. The minimum atomic E-state index is 0.754. The number of aryl methyl sites for hydroxylation is 1. The minimum absolute atomic E-state index is 0.754. The van der Waals surface area contributed by atoms with E-state index < -0.39 is 0 Å². The molecule has 7 heteroatoms. The molecule has 0 fully saturated rings. The van der Waals surface area contributed by atoms with Crippen molar-refractivity contribution in [2.45, 2.75) is 21.4 Å². The molecule has 0 bridgehead atoms. The van der Waals surface area contributed by atoms with Crippen LogP contribution in [0.5, 0.6) is 0 Å². The highest BCUT2D eigenvalue weighted by Crippen LogP contribution is 2.29. The minimum Gasteiger partial charge on any atom is -0.360 e. The first-order chi connectivity index (χ1) is 7.28. The van der Waals surface area contributed by atoms with Crippen molar-refractivity contribution in [1.29, 1.82) is 0 Å². The quantitative estimate of drug-likeness (QED) is 0.787. The molecule has 0 aliphatic carbocycles. The second kappa shape index (κ2) is 5.00. The number of rotatable bonds is 4. The molecule has 0 spiro atoms. The third-order valence-electron chi connectivity index (χ3n) is 1.58. The van der Waals surface area contributed by atoms with Crippen molar-refractivity contribution in [2.75, 3.05) is 6.26 Å². The molecule has 0 radical (unpaired) electrons. The highest BCUT2D eigenvalue weighted by molar-refractivity contribution is 8.02. The number of hydrogen-bond donors (Lipinski definition) is 0. The first kappa shape index (κ1) is 11.0. The largest absolute Gasteiger partial charge is 0.360 e. The molecule has 0 unspecified atom stereocenters. The third-order valence-corrected chi connectivity index (χ3v) is 4.63. The second-order valence-corrected chi connectivity index (χ2v) is 6.01. The van der Waals surface area contributed by atoms with E-state index in [0.717, 1.165) is 25.9 Å². The van der Waals surface area contributed by atoms with Gasteiger partial charge in [-0.1, -0.05) is 40.0 Å². The molecule has 2 aromatic rings. The Hall–Kier alpha value is -0.530. The van der Waals surface area contributed by atoms with Crippen LogP contribution in [0.2, 0.25) is 0 Å². The summed E-state index contributed by atoms with van der Waals surface area (Å²) >= 11 is 4.83. The van der Waals surface area contributed by atoms with E-state index in [1.807, 2.05) is 19.2 Å². The van der Waals surface area contributed by atoms with Crippen LogP contribution in [0.15, 0.2) is 19.3 Å². The van der Waals surface area contributed by atoms with Crippen LogP contribution >= 0.6 is 34.9 Å². The highest BCUT2D eigenvalue weighted by Gasteiger charge is 2.06. The summed E-state index contributed by atoms with van der Waals surface area (Å²) in [7, 11) is 0. The molecule has 2 rings (SSSR count). The van der Waals surface area contributed by atoms with Crippen molar-refractivity contribution in [3.05, 3.63) is 17.5 Å². The Morgan fingerprint density at radius 3 is 2.80 bits per heavy atom. The van der Waals surface area contributed by atoms with Crippen LogP contribution in [0.4, 0.5) is 0 Å². The van der Waals surface area contributed by atoms with E-state index in [1.165, 1.54) is 0 Å². The van der Waals surface area contributed by atoms with E-state index in [-0.39, 0.29) is 0 Å². The van der Waals surface area contributed by atoms with Gasteiger partial charge < -0.3 is 4.52 Å². The van der Waals surface area contributed by atoms with E-state index in [9.17, 15) is 0 Å². The second-order valence-electron chi connectivity index (χ2n) is 2.76. The lowest BCUT2D eigenvalue weighted by atomic mass is 10.4. The monoisotopic (exact) mass is 259 g/mol. The number of thioether (sulfide) groups is 2. The zero-order valence-corrected chi connectivity index (χ0v) is 10.7. The van der Waals surface area contributed by atoms with Crippen molar-refractivity contribution in [1.82, 2.24) is 15.4 Å². The Bertz CT molecular complexity index is 440. The summed E-state index contributed by atoms with van der Waals surface area (Å²) < 4.78 is 7.06. The molecule has 80 valence electrons. The van der Waals surface area contributed by atoms with Gasteiger partial charge in [0, 0.05) is 6.07 Å². The molecule has 0 amide bonds. The summed E-state index contributed by atoms with van der Waals surface area (Å²) in [5.41, 5.74) is 0.910. The molecule has 0 atom stereocenters. The molecule has 0 aromatic carbocycles. The SMILES string of the molecule is CSc1nnc(SCc2cc(C)no2)s1. The van der Waals surface area contributed by atoms with Crippen LogP contribution < -0.4 is 0 Å². The van der Waals surface area contributed by atoms with Crippen LogP contribution in [-0.2, 0) is 5.75 Å². The van der Waals surface area contributed by atoms with Crippen LogP contribution in [0.3, 0.4) is 0 Å². The fourth-order valence-corrected chi connectivity index (χ4v) is 3.27. The predicted molar refractivity (Wildman–Crippen MR) is 62.5 cm³/mol. The molecule has 0 saturated carbocycles. The maximum absolute atomic E-state index is 5.10. The zero-order chi connectivity index (χ0) is 10.7. The summed E-state index contributed by atoms with van der Waals surface area (Å²) in [5, 5.41) is 11.9. The molecule has 2 heterocycles. The Kier molecular flexibility index (Phi) is 3.66. The Morgan fingerprint density at radius 2 is 2.20 bits per heavy atom. The maximum Gasteiger partial charge on any atom is 0.175 e. The standard InChI is InChI=1S/C8H9N3OS3/c1-5-3-6(12-11-5)4-14-8-10-9-7(13-2)15-8/h3H,4H2,1-2H3. The Labute approximate surface area is 99.8 Å². The third kappa shape index (κ3) is 2.96. The van der Waals surface area contributed by atoms with Crippen molar-refractivity contribution in [3.8, 4) is 0 Å². The maximum atomic E-state index is 5.10. The molecule has 2 aromatic heterocycles. The average Bonchev–Trinajstić information content (AvgIpc) is 2.83. The molecule has 0 N–H and O–H groups in total. The van der Waals surface area contributed by atoms with E-state index in [2.05, 4.69) is 15.4 Å². The lowest BCUT2D eigenvalue weighted by Crippen LogP contribution is -1.75. The normalized spacial score (nSPS) is 10.8. The summed E-state index contributed by atoms with van der Waals surface area (Å²) in [5.74, 6) is 1.63. The molecular weight excluding hydrogens is 250 g/mol. The Balaban J connectivity index is 1.93. The van der Waals surface area contributed by atoms with Gasteiger partial charge in [-0.25, -0.2) is 0 Å². The molecular formula is C8H9N3OS3.